The van der Waals surface area contributed by atoms with Gasteiger partial charge in [0.25, 0.3) is 0 Å². The van der Waals surface area contributed by atoms with E-state index in [0.717, 1.165) is 12.1 Å². The van der Waals surface area contributed by atoms with E-state index in [4.69, 9.17) is 4.74 Å². The van der Waals surface area contributed by atoms with Crippen LogP contribution in [0.5, 0.6) is 0 Å². The van der Waals surface area contributed by atoms with Gasteiger partial charge in [-0.1, -0.05) is 60.7 Å². The minimum atomic E-state index is -0.508. The summed E-state index contributed by atoms with van der Waals surface area (Å²) >= 11 is 0. The average molecular weight is 338 g/mol. The summed E-state index contributed by atoms with van der Waals surface area (Å²) in [5.41, 5.74) is 1.77. The van der Waals surface area contributed by atoms with Gasteiger partial charge < -0.3 is 10.1 Å². The zero-order valence-corrected chi connectivity index (χ0v) is 15.1. The number of amides is 1. The summed E-state index contributed by atoms with van der Waals surface area (Å²) in [4.78, 5) is 14.7. The molecule has 4 heteroatoms. The molecule has 2 aromatic rings. The van der Waals surface area contributed by atoms with Crippen LogP contribution in [-0.4, -0.2) is 29.7 Å². The number of hydrogen-bond acceptors (Lipinski definition) is 3. The lowest BCUT2D eigenvalue weighted by Crippen LogP contribution is -2.51. The summed E-state index contributed by atoms with van der Waals surface area (Å²) in [5.74, 6) is 0. The average Bonchev–Trinajstić information content (AvgIpc) is 2.61. The van der Waals surface area contributed by atoms with Crippen molar-refractivity contribution in [2.45, 2.75) is 38.5 Å². The van der Waals surface area contributed by atoms with E-state index in [2.05, 4.69) is 29.6 Å². The van der Waals surface area contributed by atoms with Gasteiger partial charge >= 0.3 is 6.09 Å². The van der Waals surface area contributed by atoms with Crippen LogP contribution in [0.1, 0.15) is 44.0 Å². The number of hydrogen-bond donors (Lipinski definition) is 1. The fourth-order valence-electron chi connectivity index (χ4n) is 3.28. The normalized spacial score (nSPS) is 21.0. The lowest BCUT2D eigenvalue weighted by Gasteiger charge is -2.42. The predicted molar refractivity (Wildman–Crippen MR) is 99.3 cm³/mol. The molecule has 0 spiro atoms. The zero-order chi connectivity index (χ0) is 17.9. The quantitative estimate of drug-likeness (QED) is 0.887. The molecular formula is C21H26N2O2. The molecule has 1 aliphatic heterocycles. The van der Waals surface area contributed by atoms with Crippen LogP contribution in [0.4, 0.5) is 4.79 Å². The maximum Gasteiger partial charge on any atom is 0.410 e. The van der Waals surface area contributed by atoms with Gasteiger partial charge in [0.2, 0.25) is 0 Å². The first-order valence-electron chi connectivity index (χ1n) is 8.78. The SMILES string of the molecule is CC(C)(C)OC(=O)N1CCN[C@H](c2ccccc2)[C@H]1c1ccccc1. The number of nitrogens with zero attached hydrogens (tertiary/aromatic N) is 1. The molecule has 0 unspecified atom stereocenters. The maximum absolute atomic E-state index is 12.9. The molecule has 1 heterocycles. The molecule has 0 aromatic heterocycles. The maximum atomic E-state index is 12.9. The fraction of sp³-hybridized carbons (Fsp3) is 0.381. The second-order valence-electron chi connectivity index (χ2n) is 7.37. The van der Waals surface area contributed by atoms with E-state index in [1.165, 1.54) is 5.56 Å². The topological polar surface area (TPSA) is 41.6 Å². The minimum absolute atomic E-state index is 0.0323. The molecule has 1 N–H and O–H groups in total. The van der Waals surface area contributed by atoms with E-state index < -0.39 is 5.60 Å². The third kappa shape index (κ3) is 4.20. The van der Waals surface area contributed by atoms with E-state index in [1.807, 2.05) is 62.1 Å². The van der Waals surface area contributed by atoms with Gasteiger partial charge in [-0.15, -0.1) is 0 Å². The molecule has 0 aliphatic carbocycles. The van der Waals surface area contributed by atoms with E-state index in [9.17, 15) is 4.79 Å². The minimum Gasteiger partial charge on any atom is -0.444 e. The van der Waals surface area contributed by atoms with Gasteiger partial charge in [-0.2, -0.15) is 0 Å². The lowest BCUT2D eigenvalue weighted by molar-refractivity contribution is 0.00502. The van der Waals surface area contributed by atoms with E-state index in [0.29, 0.717) is 6.54 Å². The molecule has 0 bridgehead atoms. The van der Waals surface area contributed by atoms with Gasteiger partial charge in [0.1, 0.15) is 5.60 Å². The van der Waals surface area contributed by atoms with Gasteiger partial charge in [0.15, 0.2) is 0 Å². The zero-order valence-electron chi connectivity index (χ0n) is 15.1. The van der Waals surface area contributed by atoms with E-state index in [-0.39, 0.29) is 18.2 Å². The number of ether oxygens (including phenoxy) is 1. The molecule has 2 atom stereocenters. The fourth-order valence-corrected chi connectivity index (χ4v) is 3.28. The Kier molecular flexibility index (Phi) is 5.09. The number of piperazine rings is 1. The third-order valence-electron chi connectivity index (χ3n) is 4.30. The molecule has 25 heavy (non-hydrogen) atoms. The smallest absolute Gasteiger partial charge is 0.410 e. The van der Waals surface area contributed by atoms with Crippen LogP contribution in [0.15, 0.2) is 60.7 Å². The van der Waals surface area contributed by atoms with Crippen LogP contribution < -0.4 is 5.32 Å². The highest BCUT2D eigenvalue weighted by Crippen LogP contribution is 2.37. The van der Waals surface area contributed by atoms with Crippen molar-refractivity contribution in [1.29, 1.82) is 0 Å². The first kappa shape index (κ1) is 17.5. The molecule has 2 aromatic carbocycles. The Morgan fingerprint density at radius 2 is 1.56 bits per heavy atom. The summed E-state index contributed by atoms with van der Waals surface area (Å²) in [5, 5.41) is 3.58. The number of rotatable bonds is 2. The summed E-state index contributed by atoms with van der Waals surface area (Å²) < 4.78 is 5.67. The Labute approximate surface area is 149 Å². The van der Waals surface area contributed by atoms with Crippen molar-refractivity contribution < 1.29 is 9.53 Å². The van der Waals surface area contributed by atoms with Crippen molar-refractivity contribution in [3.63, 3.8) is 0 Å². The van der Waals surface area contributed by atoms with Crippen LogP contribution >= 0.6 is 0 Å². The second kappa shape index (κ2) is 7.28. The Balaban J connectivity index is 1.97. The van der Waals surface area contributed by atoms with E-state index >= 15 is 0 Å². The molecule has 1 aliphatic rings. The largest absolute Gasteiger partial charge is 0.444 e. The molecule has 0 radical (unpaired) electrons. The van der Waals surface area contributed by atoms with Gasteiger partial charge in [0.05, 0.1) is 12.1 Å². The molecule has 4 nitrogen and oxygen atoms in total. The molecule has 1 amide bonds. The van der Waals surface area contributed by atoms with Crippen LogP contribution in [0.25, 0.3) is 0 Å². The number of benzene rings is 2. The number of carbonyl (C=O) groups excluding carboxylic acids is 1. The molecule has 0 saturated carbocycles. The summed E-state index contributed by atoms with van der Waals surface area (Å²) in [7, 11) is 0. The van der Waals surface area contributed by atoms with Crippen molar-refractivity contribution in [2.75, 3.05) is 13.1 Å². The van der Waals surface area contributed by atoms with Gasteiger partial charge in [-0.3, -0.25) is 4.90 Å². The summed E-state index contributed by atoms with van der Waals surface area (Å²) in [6.07, 6.45) is -0.260. The van der Waals surface area contributed by atoms with Crippen molar-refractivity contribution in [3.05, 3.63) is 71.8 Å². The van der Waals surface area contributed by atoms with Crippen LogP contribution in [-0.2, 0) is 4.74 Å². The van der Waals surface area contributed by atoms with Crippen LogP contribution in [0, 0.1) is 0 Å². The molecule has 1 fully saturated rings. The highest BCUT2D eigenvalue weighted by molar-refractivity contribution is 5.69. The van der Waals surface area contributed by atoms with Crippen molar-refractivity contribution in [1.82, 2.24) is 10.2 Å². The second-order valence-corrected chi connectivity index (χ2v) is 7.37. The summed E-state index contributed by atoms with van der Waals surface area (Å²) in [6, 6.07) is 20.4. The highest BCUT2D eigenvalue weighted by Gasteiger charge is 2.38. The van der Waals surface area contributed by atoms with Gasteiger partial charge in [-0.05, 0) is 31.9 Å². The van der Waals surface area contributed by atoms with E-state index in [1.54, 1.807) is 0 Å². The molecular weight excluding hydrogens is 312 g/mol. The van der Waals surface area contributed by atoms with Crippen molar-refractivity contribution in [3.8, 4) is 0 Å². The molecule has 132 valence electrons. The Bertz CT molecular complexity index is 695. The van der Waals surface area contributed by atoms with Gasteiger partial charge in [0, 0.05) is 13.1 Å². The first-order valence-corrected chi connectivity index (χ1v) is 8.78. The van der Waals surface area contributed by atoms with Crippen LogP contribution in [0.3, 0.4) is 0 Å². The number of carbonyl (C=O) groups is 1. The standard InChI is InChI=1S/C21H26N2O2/c1-21(2,3)25-20(24)23-15-14-22-18(16-10-6-4-7-11-16)19(23)17-12-8-5-9-13-17/h4-13,18-19,22H,14-15H2,1-3H3/t18-,19-/m1/s1. The van der Waals surface area contributed by atoms with Crippen molar-refractivity contribution in [2.24, 2.45) is 0 Å². The molecule has 3 rings (SSSR count). The third-order valence-corrected chi connectivity index (χ3v) is 4.30. The predicted octanol–water partition coefficient (Wildman–Crippen LogP) is 4.31. The summed E-state index contributed by atoms with van der Waals surface area (Å²) in [6.45, 7) is 7.07. The number of nitrogens with one attached hydrogen (secondary N) is 1. The Morgan fingerprint density at radius 3 is 2.12 bits per heavy atom. The Morgan fingerprint density at radius 1 is 1.00 bits per heavy atom. The first-order chi connectivity index (χ1) is 12.0. The highest BCUT2D eigenvalue weighted by atomic mass is 16.6. The molecule has 1 saturated heterocycles. The van der Waals surface area contributed by atoms with Crippen LogP contribution in [0.2, 0.25) is 0 Å². The lowest BCUT2D eigenvalue weighted by atomic mass is 9.90. The Hall–Kier alpha value is -2.33. The van der Waals surface area contributed by atoms with Gasteiger partial charge in [-0.25, -0.2) is 4.79 Å². The monoisotopic (exact) mass is 338 g/mol. The van der Waals surface area contributed by atoms with Crippen molar-refractivity contribution >= 4 is 6.09 Å².